The first kappa shape index (κ1) is 19.9. The summed E-state index contributed by atoms with van der Waals surface area (Å²) in [5, 5.41) is 3.81. The first-order chi connectivity index (χ1) is 12.5. The van der Waals surface area contributed by atoms with Crippen molar-refractivity contribution in [3.63, 3.8) is 0 Å². The zero-order chi connectivity index (χ0) is 18.9. The number of anilines is 1. The number of ether oxygens (including phenoxy) is 1. The van der Waals surface area contributed by atoms with E-state index in [0.717, 1.165) is 5.56 Å². The van der Waals surface area contributed by atoms with Crippen molar-refractivity contribution in [1.82, 2.24) is 5.32 Å². The number of hydrogen-bond donors (Lipinski definition) is 1. The predicted octanol–water partition coefficient (Wildman–Crippen LogP) is 3.59. The van der Waals surface area contributed by atoms with Gasteiger partial charge >= 0.3 is 5.97 Å². The van der Waals surface area contributed by atoms with E-state index in [4.69, 9.17) is 16.3 Å². The van der Waals surface area contributed by atoms with Crippen molar-refractivity contribution < 1.29 is 14.3 Å². The van der Waals surface area contributed by atoms with Crippen LogP contribution in [-0.4, -0.2) is 31.6 Å². The van der Waals surface area contributed by atoms with Crippen molar-refractivity contribution in [2.45, 2.75) is 19.9 Å². The molecule has 1 amide bonds. The number of carbonyl (C=O) groups is 2. The van der Waals surface area contributed by atoms with E-state index >= 15 is 0 Å². The summed E-state index contributed by atoms with van der Waals surface area (Å²) in [6, 6.07) is 16.5. The van der Waals surface area contributed by atoms with Gasteiger partial charge in [-0.15, -0.1) is 0 Å². The number of amides is 1. The summed E-state index contributed by atoms with van der Waals surface area (Å²) in [6.07, 6.45) is 0. The number of halogens is 1. The molecule has 138 valence electrons. The maximum Gasteiger partial charge on any atom is 0.326 e. The Morgan fingerprint density at radius 1 is 1.12 bits per heavy atom. The van der Waals surface area contributed by atoms with Gasteiger partial charge in [-0.2, -0.15) is 0 Å². The van der Waals surface area contributed by atoms with Gasteiger partial charge in [-0.05, 0) is 37.6 Å². The van der Waals surface area contributed by atoms with Gasteiger partial charge in [0.2, 0.25) is 5.91 Å². The number of esters is 1. The zero-order valence-electron chi connectivity index (χ0n) is 14.9. The highest BCUT2D eigenvalue weighted by molar-refractivity contribution is 6.31. The van der Waals surface area contributed by atoms with E-state index in [2.05, 4.69) is 5.32 Å². The summed E-state index contributed by atoms with van der Waals surface area (Å²) in [4.78, 5) is 26.0. The lowest BCUT2D eigenvalue weighted by Crippen LogP contribution is -2.42. The molecule has 0 spiro atoms. The molecule has 6 heteroatoms. The molecule has 2 aromatic carbocycles. The molecule has 0 aliphatic carbocycles. The Labute approximate surface area is 158 Å². The van der Waals surface area contributed by atoms with Crippen molar-refractivity contribution in [3.8, 4) is 0 Å². The third kappa shape index (κ3) is 5.58. The molecule has 2 rings (SSSR count). The van der Waals surface area contributed by atoms with Crippen LogP contribution in [0.1, 0.15) is 25.5 Å². The SMILES string of the molecule is CCOC(=O)CN(C(=O)CNC(C)c1ccccc1Cl)c1ccccc1. The Bertz CT molecular complexity index is 737. The summed E-state index contributed by atoms with van der Waals surface area (Å²) in [5.74, 6) is -0.660. The summed E-state index contributed by atoms with van der Waals surface area (Å²) in [7, 11) is 0. The van der Waals surface area contributed by atoms with Gasteiger partial charge in [0.05, 0.1) is 13.2 Å². The van der Waals surface area contributed by atoms with Gasteiger partial charge in [0.1, 0.15) is 6.54 Å². The lowest BCUT2D eigenvalue weighted by atomic mass is 10.1. The zero-order valence-corrected chi connectivity index (χ0v) is 15.7. The van der Waals surface area contributed by atoms with Gasteiger partial charge in [0.15, 0.2) is 0 Å². The molecule has 2 aromatic rings. The van der Waals surface area contributed by atoms with E-state index in [9.17, 15) is 9.59 Å². The highest BCUT2D eigenvalue weighted by Crippen LogP contribution is 2.22. The van der Waals surface area contributed by atoms with Crippen molar-refractivity contribution in [2.24, 2.45) is 0 Å². The highest BCUT2D eigenvalue weighted by Gasteiger charge is 2.20. The molecule has 0 fully saturated rings. The summed E-state index contributed by atoms with van der Waals surface area (Å²) < 4.78 is 4.98. The van der Waals surface area contributed by atoms with Crippen molar-refractivity contribution in [2.75, 3.05) is 24.6 Å². The number of carbonyl (C=O) groups excluding carboxylic acids is 2. The number of para-hydroxylation sites is 1. The highest BCUT2D eigenvalue weighted by atomic mass is 35.5. The topological polar surface area (TPSA) is 58.6 Å². The lowest BCUT2D eigenvalue weighted by molar-refractivity contribution is -0.142. The van der Waals surface area contributed by atoms with Crippen LogP contribution in [0.25, 0.3) is 0 Å². The molecule has 0 heterocycles. The second kappa shape index (κ2) is 9.94. The largest absolute Gasteiger partial charge is 0.465 e. The van der Waals surface area contributed by atoms with Gasteiger partial charge in [-0.3, -0.25) is 9.59 Å². The monoisotopic (exact) mass is 374 g/mol. The first-order valence-electron chi connectivity index (χ1n) is 8.51. The van der Waals surface area contributed by atoms with Crippen LogP contribution in [0.15, 0.2) is 54.6 Å². The molecule has 1 unspecified atom stereocenters. The number of nitrogens with zero attached hydrogens (tertiary/aromatic N) is 1. The number of rotatable bonds is 8. The Morgan fingerprint density at radius 3 is 2.42 bits per heavy atom. The Hall–Kier alpha value is -2.37. The molecular weight excluding hydrogens is 352 g/mol. The average Bonchev–Trinajstić information content (AvgIpc) is 2.65. The summed E-state index contributed by atoms with van der Waals surface area (Å²) >= 11 is 6.20. The fourth-order valence-corrected chi connectivity index (χ4v) is 2.84. The van der Waals surface area contributed by atoms with E-state index in [1.165, 1.54) is 4.90 Å². The van der Waals surface area contributed by atoms with Crippen LogP contribution in [0.4, 0.5) is 5.69 Å². The van der Waals surface area contributed by atoms with Crippen LogP contribution in [0.3, 0.4) is 0 Å². The summed E-state index contributed by atoms with van der Waals surface area (Å²) in [5.41, 5.74) is 1.57. The quantitative estimate of drug-likeness (QED) is 0.717. The van der Waals surface area contributed by atoms with Crippen LogP contribution in [0.2, 0.25) is 5.02 Å². The molecule has 1 N–H and O–H groups in total. The Kier molecular flexibility index (Phi) is 7.63. The molecule has 0 aliphatic heterocycles. The molecule has 0 saturated carbocycles. The van der Waals surface area contributed by atoms with Gasteiger partial charge in [0.25, 0.3) is 0 Å². The standard InChI is InChI=1S/C20H23ClN2O3/c1-3-26-20(25)14-23(16-9-5-4-6-10-16)19(24)13-22-15(2)17-11-7-8-12-18(17)21/h4-12,15,22H,3,13-14H2,1-2H3. The minimum atomic E-state index is -0.441. The van der Waals surface area contributed by atoms with E-state index in [1.54, 1.807) is 19.1 Å². The van der Waals surface area contributed by atoms with Gasteiger partial charge in [-0.25, -0.2) is 0 Å². The molecule has 0 bridgehead atoms. The number of benzene rings is 2. The minimum Gasteiger partial charge on any atom is -0.465 e. The van der Waals surface area contributed by atoms with Gasteiger partial charge in [-0.1, -0.05) is 48.0 Å². The Balaban J connectivity index is 2.06. The third-order valence-corrected chi connectivity index (χ3v) is 4.24. The molecule has 5 nitrogen and oxygen atoms in total. The van der Waals surface area contributed by atoms with Gasteiger partial charge in [0, 0.05) is 16.8 Å². The second-order valence-corrected chi connectivity index (χ2v) is 6.15. The molecule has 0 saturated heterocycles. The fraction of sp³-hybridized carbons (Fsp3) is 0.300. The Morgan fingerprint density at radius 2 is 1.77 bits per heavy atom. The van der Waals surface area contributed by atoms with E-state index < -0.39 is 5.97 Å². The van der Waals surface area contributed by atoms with Crippen LogP contribution >= 0.6 is 11.6 Å². The van der Waals surface area contributed by atoms with E-state index in [1.807, 2.05) is 49.4 Å². The molecule has 1 atom stereocenters. The molecule has 0 aromatic heterocycles. The fourth-order valence-electron chi connectivity index (χ4n) is 2.54. The molecule has 26 heavy (non-hydrogen) atoms. The smallest absolute Gasteiger partial charge is 0.326 e. The van der Waals surface area contributed by atoms with Crippen molar-refractivity contribution in [3.05, 3.63) is 65.2 Å². The van der Waals surface area contributed by atoms with Crippen LogP contribution in [0.5, 0.6) is 0 Å². The molecule has 0 radical (unpaired) electrons. The number of hydrogen-bond acceptors (Lipinski definition) is 4. The molecular formula is C20H23ClN2O3. The van der Waals surface area contributed by atoms with Gasteiger partial charge < -0.3 is 15.0 Å². The molecule has 0 aliphatic rings. The second-order valence-electron chi connectivity index (χ2n) is 5.74. The van der Waals surface area contributed by atoms with Crippen LogP contribution in [-0.2, 0) is 14.3 Å². The average molecular weight is 375 g/mol. The predicted molar refractivity (Wildman–Crippen MR) is 103 cm³/mol. The normalized spacial score (nSPS) is 11.7. The van der Waals surface area contributed by atoms with E-state index in [0.29, 0.717) is 10.7 Å². The lowest BCUT2D eigenvalue weighted by Gasteiger charge is -2.23. The van der Waals surface area contributed by atoms with E-state index in [-0.39, 0.29) is 31.6 Å². The summed E-state index contributed by atoms with van der Waals surface area (Å²) in [6.45, 7) is 3.89. The van der Waals surface area contributed by atoms with Crippen LogP contribution < -0.4 is 10.2 Å². The number of nitrogens with one attached hydrogen (secondary N) is 1. The maximum atomic E-state index is 12.7. The van der Waals surface area contributed by atoms with Crippen LogP contribution in [0, 0.1) is 0 Å². The third-order valence-electron chi connectivity index (χ3n) is 3.89. The minimum absolute atomic E-state index is 0.0701. The first-order valence-corrected chi connectivity index (χ1v) is 8.89. The van der Waals surface area contributed by atoms with Crippen molar-refractivity contribution >= 4 is 29.2 Å². The van der Waals surface area contributed by atoms with Crippen molar-refractivity contribution in [1.29, 1.82) is 0 Å². The maximum absolute atomic E-state index is 12.7.